The van der Waals surface area contributed by atoms with Crippen molar-refractivity contribution < 1.29 is 14.3 Å². The van der Waals surface area contributed by atoms with Gasteiger partial charge in [-0.3, -0.25) is 4.79 Å². The maximum atomic E-state index is 13.0. The highest BCUT2D eigenvalue weighted by Crippen LogP contribution is 2.17. The Hall–Kier alpha value is -2.57. The molecule has 0 saturated carbocycles. The van der Waals surface area contributed by atoms with Gasteiger partial charge in [0.05, 0.1) is 17.8 Å². The number of pyridine rings is 1. The molecule has 1 aliphatic rings. The van der Waals surface area contributed by atoms with E-state index in [9.17, 15) is 9.59 Å². The molecule has 2 aromatic rings. The van der Waals surface area contributed by atoms with Gasteiger partial charge in [-0.25, -0.2) is 9.78 Å². The molecule has 0 atom stereocenters. The van der Waals surface area contributed by atoms with Crippen LogP contribution in [0.2, 0.25) is 0 Å². The predicted octanol–water partition coefficient (Wildman–Crippen LogP) is 2.96. The van der Waals surface area contributed by atoms with E-state index in [1.54, 1.807) is 4.90 Å². The minimum Gasteiger partial charge on any atom is -0.444 e. The van der Waals surface area contributed by atoms with Crippen molar-refractivity contribution in [2.45, 2.75) is 53.1 Å². The van der Waals surface area contributed by atoms with Gasteiger partial charge in [0.15, 0.2) is 0 Å². The van der Waals surface area contributed by atoms with E-state index >= 15 is 0 Å². The summed E-state index contributed by atoms with van der Waals surface area (Å²) in [6.07, 6.45) is 2.70. The second-order valence-electron chi connectivity index (χ2n) is 8.41. The Labute approximate surface area is 166 Å². The highest BCUT2D eigenvalue weighted by molar-refractivity contribution is 5.79. The fourth-order valence-corrected chi connectivity index (χ4v) is 3.51. The van der Waals surface area contributed by atoms with Crippen molar-refractivity contribution in [1.82, 2.24) is 19.2 Å². The molecule has 1 saturated heterocycles. The molecule has 0 aromatic carbocycles. The third-order valence-electron chi connectivity index (χ3n) is 4.96. The molecule has 0 spiro atoms. The number of aryl methyl sites for hydroxylation is 2. The maximum absolute atomic E-state index is 13.0. The summed E-state index contributed by atoms with van der Waals surface area (Å²) in [5.41, 5.74) is 3.28. The van der Waals surface area contributed by atoms with Crippen molar-refractivity contribution in [3.8, 4) is 0 Å². The fourth-order valence-electron chi connectivity index (χ4n) is 3.51. The van der Waals surface area contributed by atoms with Gasteiger partial charge >= 0.3 is 6.09 Å². The molecule has 2 aromatic heterocycles. The van der Waals surface area contributed by atoms with Gasteiger partial charge in [-0.2, -0.15) is 0 Å². The van der Waals surface area contributed by atoms with Gasteiger partial charge < -0.3 is 18.9 Å². The first-order chi connectivity index (χ1) is 13.2. The molecule has 1 fully saturated rings. The summed E-state index contributed by atoms with van der Waals surface area (Å²) in [6.45, 7) is 11.8. The molecule has 0 unspecified atom stereocenters. The van der Waals surface area contributed by atoms with E-state index in [-0.39, 0.29) is 12.0 Å². The van der Waals surface area contributed by atoms with Crippen LogP contribution in [0.3, 0.4) is 0 Å². The number of rotatable bonds is 2. The minimum atomic E-state index is -0.516. The lowest BCUT2D eigenvalue weighted by Crippen LogP contribution is -2.40. The van der Waals surface area contributed by atoms with E-state index in [1.165, 1.54) is 0 Å². The first kappa shape index (κ1) is 20.2. The zero-order chi connectivity index (χ0) is 20.5. The number of fused-ring (bicyclic) bond motifs is 1. The minimum absolute atomic E-state index is 0.0671. The zero-order valence-corrected chi connectivity index (χ0v) is 17.5. The number of amides is 2. The van der Waals surface area contributed by atoms with Crippen molar-refractivity contribution in [2.24, 2.45) is 0 Å². The van der Waals surface area contributed by atoms with Gasteiger partial charge in [-0.15, -0.1) is 0 Å². The molecule has 0 radical (unpaired) electrons. The Balaban J connectivity index is 1.67. The largest absolute Gasteiger partial charge is 0.444 e. The van der Waals surface area contributed by atoms with Crippen molar-refractivity contribution in [3.63, 3.8) is 0 Å². The first-order valence-corrected chi connectivity index (χ1v) is 9.84. The summed E-state index contributed by atoms with van der Waals surface area (Å²) in [7, 11) is 0. The molecule has 3 rings (SSSR count). The molecular formula is C21H30N4O3. The van der Waals surface area contributed by atoms with Crippen LogP contribution in [0.5, 0.6) is 0 Å². The lowest BCUT2D eigenvalue weighted by atomic mass is 10.2. The number of nitrogens with zero attached hydrogens (tertiary/aromatic N) is 4. The number of carbonyl (C=O) groups excluding carboxylic acids is 2. The number of hydrogen-bond acceptors (Lipinski definition) is 4. The smallest absolute Gasteiger partial charge is 0.410 e. The molecule has 3 heterocycles. The predicted molar refractivity (Wildman–Crippen MR) is 107 cm³/mol. The molecule has 152 valence electrons. The van der Waals surface area contributed by atoms with Crippen molar-refractivity contribution in [1.29, 1.82) is 0 Å². The van der Waals surface area contributed by atoms with Crippen LogP contribution in [0.4, 0.5) is 4.79 Å². The first-order valence-electron chi connectivity index (χ1n) is 9.84. The monoisotopic (exact) mass is 386 g/mol. The van der Waals surface area contributed by atoms with Crippen LogP contribution in [-0.2, 0) is 16.0 Å². The topological polar surface area (TPSA) is 67.2 Å². The second-order valence-corrected chi connectivity index (χ2v) is 8.41. The quantitative estimate of drug-likeness (QED) is 0.796. The van der Waals surface area contributed by atoms with E-state index < -0.39 is 5.60 Å². The Morgan fingerprint density at radius 3 is 2.50 bits per heavy atom. The van der Waals surface area contributed by atoms with Crippen LogP contribution < -0.4 is 0 Å². The van der Waals surface area contributed by atoms with E-state index in [4.69, 9.17) is 4.74 Å². The number of aromatic nitrogens is 2. The van der Waals surface area contributed by atoms with Gasteiger partial charge in [0, 0.05) is 32.4 Å². The van der Waals surface area contributed by atoms with E-state index in [0.717, 1.165) is 29.0 Å². The van der Waals surface area contributed by atoms with Crippen molar-refractivity contribution in [3.05, 3.63) is 35.3 Å². The van der Waals surface area contributed by atoms with Crippen molar-refractivity contribution in [2.75, 3.05) is 26.2 Å². The second kappa shape index (κ2) is 7.81. The van der Waals surface area contributed by atoms with Gasteiger partial charge in [0.1, 0.15) is 11.2 Å². The molecule has 0 aliphatic carbocycles. The molecule has 1 aliphatic heterocycles. The number of carbonyl (C=O) groups is 2. The third-order valence-corrected chi connectivity index (χ3v) is 4.96. The Morgan fingerprint density at radius 1 is 1.11 bits per heavy atom. The van der Waals surface area contributed by atoms with Crippen LogP contribution in [0.1, 0.15) is 44.1 Å². The normalized spacial score (nSPS) is 15.6. The van der Waals surface area contributed by atoms with Crippen LogP contribution in [-0.4, -0.2) is 63.0 Å². The molecule has 0 bridgehead atoms. The lowest BCUT2D eigenvalue weighted by molar-refractivity contribution is -0.130. The molecule has 7 heteroatoms. The summed E-state index contributed by atoms with van der Waals surface area (Å²) in [5.74, 6) is 0.0671. The van der Waals surface area contributed by atoms with Crippen LogP contribution in [0.25, 0.3) is 5.65 Å². The molecule has 0 N–H and O–H groups in total. The number of ether oxygens (including phenoxy) is 1. The van der Waals surface area contributed by atoms with E-state index in [0.29, 0.717) is 32.6 Å². The Bertz CT molecular complexity index is 882. The number of imidazole rings is 1. The average Bonchev–Trinajstić information content (AvgIpc) is 2.79. The number of hydrogen-bond donors (Lipinski definition) is 0. The summed E-state index contributed by atoms with van der Waals surface area (Å²) >= 11 is 0. The highest BCUT2D eigenvalue weighted by Gasteiger charge is 2.26. The van der Waals surface area contributed by atoms with Gasteiger partial charge in [-0.1, -0.05) is 6.07 Å². The van der Waals surface area contributed by atoms with Crippen LogP contribution >= 0.6 is 0 Å². The van der Waals surface area contributed by atoms with Gasteiger partial charge in [0.25, 0.3) is 0 Å². The summed E-state index contributed by atoms with van der Waals surface area (Å²) < 4.78 is 7.47. The lowest BCUT2D eigenvalue weighted by Gasteiger charge is -2.26. The van der Waals surface area contributed by atoms with E-state index in [2.05, 4.69) is 4.98 Å². The molecule has 7 nitrogen and oxygen atoms in total. The van der Waals surface area contributed by atoms with E-state index in [1.807, 2.05) is 62.2 Å². The van der Waals surface area contributed by atoms with Crippen LogP contribution in [0, 0.1) is 13.8 Å². The Morgan fingerprint density at radius 2 is 1.79 bits per heavy atom. The third kappa shape index (κ3) is 4.46. The molecule has 28 heavy (non-hydrogen) atoms. The molecule has 2 amide bonds. The average molecular weight is 386 g/mol. The fraction of sp³-hybridized carbons (Fsp3) is 0.571. The summed E-state index contributed by atoms with van der Waals surface area (Å²) in [6, 6.07) is 4.00. The Kier molecular flexibility index (Phi) is 5.63. The maximum Gasteiger partial charge on any atom is 0.410 e. The SMILES string of the molecule is Cc1nc2c(C)cccn2c1CC(=O)N1CCCN(C(=O)OC(C)(C)C)CC1. The van der Waals surface area contributed by atoms with Gasteiger partial charge in [0.2, 0.25) is 5.91 Å². The summed E-state index contributed by atoms with van der Waals surface area (Å²) in [5, 5.41) is 0. The zero-order valence-electron chi connectivity index (χ0n) is 17.5. The van der Waals surface area contributed by atoms with Gasteiger partial charge in [-0.05, 0) is 52.7 Å². The standard InChI is InChI=1S/C21H30N4O3/c1-15-8-6-11-25-17(16(2)22-19(15)25)14-18(26)23-9-7-10-24(13-12-23)20(27)28-21(3,4)5/h6,8,11H,7,9-10,12-14H2,1-5H3. The molecular weight excluding hydrogens is 356 g/mol. The van der Waals surface area contributed by atoms with Crippen molar-refractivity contribution >= 4 is 17.6 Å². The van der Waals surface area contributed by atoms with Crippen LogP contribution in [0.15, 0.2) is 18.3 Å². The highest BCUT2D eigenvalue weighted by atomic mass is 16.6. The summed E-state index contributed by atoms with van der Waals surface area (Å²) in [4.78, 5) is 33.4.